The third kappa shape index (κ3) is 3.19. The average molecular weight is 546 g/mol. The van der Waals surface area contributed by atoms with Crippen LogP contribution in [-0.2, 0) is 0 Å². The summed E-state index contributed by atoms with van der Waals surface area (Å²) in [6.07, 6.45) is 0. The van der Waals surface area contributed by atoms with Crippen LogP contribution >= 0.6 is 22.7 Å². The van der Waals surface area contributed by atoms with E-state index in [-0.39, 0.29) is 0 Å². The Labute approximate surface area is 237 Å². The van der Waals surface area contributed by atoms with Gasteiger partial charge < -0.3 is 0 Å². The number of thiophene rings is 2. The van der Waals surface area contributed by atoms with Gasteiger partial charge in [0.15, 0.2) is 5.82 Å². The minimum atomic E-state index is 0.657. The Bertz CT molecular complexity index is 2440. The lowest BCUT2D eigenvalue weighted by atomic mass is 10.0. The molecule has 0 radical (unpaired) electrons. The van der Waals surface area contributed by atoms with E-state index in [0.717, 1.165) is 48.8 Å². The molecule has 0 amide bonds. The Balaban J connectivity index is 1.45. The maximum atomic E-state index is 5.26. The van der Waals surface area contributed by atoms with Gasteiger partial charge in [-0.15, -0.1) is 22.7 Å². The molecular formula is C35H19N3S2. The predicted octanol–water partition coefficient (Wildman–Crippen LogP) is 10.2. The molecule has 4 aromatic heterocycles. The number of rotatable bonds is 2. The molecule has 0 atom stereocenters. The molecule has 9 aromatic rings. The van der Waals surface area contributed by atoms with E-state index in [0.29, 0.717) is 5.82 Å². The smallest absolute Gasteiger partial charge is 0.180 e. The van der Waals surface area contributed by atoms with Gasteiger partial charge in [-0.05, 0) is 35.7 Å². The molecule has 0 N–H and O–H groups in total. The topological polar surface area (TPSA) is 38.7 Å². The van der Waals surface area contributed by atoms with Gasteiger partial charge in [-0.3, -0.25) is 0 Å². The number of hydrogen-bond acceptors (Lipinski definition) is 5. The second kappa shape index (κ2) is 8.39. The van der Waals surface area contributed by atoms with Crippen molar-refractivity contribution in [2.24, 2.45) is 0 Å². The summed E-state index contributed by atoms with van der Waals surface area (Å²) in [7, 11) is 0. The van der Waals surface area contributed by atoms with Crippen molar-refractivity contribution in [1.82, 2.24) is 15.0 Å². The number of fused-ring (bicyclic) bond motifs is 9. The lowest BCUT2D eigenvalue weighted by Crippen LogP contribution is -1.97. The van der Waals surface area contributed by atoms with Crippen LogP contribution < -0.4 is 0 Å². The van der Waals surface area contributed by atoms with Gasteiger partial charge in [-0.25, -0.2) is 15.0 Å². The first-order valence-corrected chi connectivity index (χ1v) is 14.8. The lowest BCUT2D eigenvalue weighted by Gasteiger charge is -2.11. The van der Waals surface area contributed by atoms with Gasteiger partial charge in [0.2, 0.25) is 0 Å². The molecule has 0 aliphatic rings. The molecular weight excluding hydrogens is 527 g/mol. The molecule has 4 heterocycles. The molecule has 0 bridgehead atoms. The fraction of sp³-hybridized carbons (Fsp3) is 0. The van der Waals surface area contributed by atoms with Crippen LogP contribution in [0.4, 0.5) is 0 Å². The van der Waals surface area contributed by atoms with Crippen LogP contribution in [0.15, 0.2) is 115 Å². The molecule has 0 unspecified atom stereocenters. The quantitative estimate of drug-likeness (QED) is 0.203. The lowest BCUT2D eigenvalue weighted by molar-refractivity contribution is 1.21. The normalized spacial score (nSPS) is 12.0. The molecule has 3 nitrogen and oxygen atoms in total. The molecule has 0 spiro atoms. The van der Waals surface area contributed by atoms with Crippen molar-refractivity contribution in [2.75, 3.05) is 0 Å². The molecule has 0 fully saturated rings. The maximum Gasteiger partial charge on any atom is 0.180 e. The van der Waals surface area contributed by atoms with E-state index < -0.39 is 0 Å². The Kier molecular flexibility index (Phi) is 4.65. The van der Waals surface area contributed by atoms with Gasteiger partial charge in [0.05, 0.1) is 21.4 Å². The second-order valence-corrected chi connectivity index (χ2v) is 12.1. The van der Waals surface area contributed by atoms with Crippen molar-refractivity contribution in [3.63, 3.8) is 0 Å². The highest BCUT2D eigenvalue weighted by atomic mass is 32.1. The molecule has 0 saturated carbocycles. The number of nitrogens with zero attached hydrogens (tertiary/aromatic N) is 3. The fourth-order valence-electron chi connectivity index (χ4n) is 5.83. The van der Waals surface area contributed by atoms with Crippen molar-refractivity contribution in [1.29, 1.82) is 0 Å². The van der Waals surface area contributed by atoms with Crippen molar-refractivity contribution < 1.29 is 0 Å². The van der Waals surface area contributed by atoms with E-state index in [1.165, 1.54) is 30.3 Å². The Morgan fingerprint density at radius 1 is 0.425 bits per heavy atom. The van der Waals surface area contributed by atoms with Crippen molar-refractivity contribution in [3.8, 4) is 22.8 Å². The van der Waals surface area contributed by atoms with Gasteiger partial charge in [-0.2, -0.15) is 0 Å². The van der Waals surface area contributed by atoms with Crippen LogP contribution in [0.1, 0.15) is 0 Å². The summed E-state index contributed by atoms with van der Waals surface area (Å²) in [5.41, 5.74) is 4.78. The summed E-state index contributed by atoms with van der Waals surface area (Å²) in [5, 5.41) is 7.07. The molecule has 5 heteroatoms. The first-order chi connectivity index (χ1) is 19.8. The summed E-state index contributed by atoms with van der Waals surface area (Å²) < 4.78 is 4.89. The average Bonchev–Trinajstić information content (AvgIpc) is 3.57. The first kappa shape index (κ1) is 22.1. The van der Waals surface area contributed by atoms with Crippen molar-refractivity contribution >= 4 is 84.8 Å². The van der Waals surface area contributed by atoms with Gasteiger partial charge >= 0.3 is 0 Å². The van der Waals surface area contributed by atoms with Crippen molar-refractivity contribution in [3.05, 3.63) is 115 Å². The number of para-hydroxylation sites is 1. The zero-order valence-corrected chi connectivity index (χ0v) is 22.8. The van der Waals surface area contributed by atoms with Gasteiger partial charge in [0, 0.05) is 46.6 Å². The maximum absolute atomic E-state index is 5.26. The highest BCUT2D eigenvalue weighted by Gasteiger charge is 2.20. The Morgan fingerprint density at radius 3 is 1.98 bits per heavy atom. The fourth-order valence-corrected chi connectivity index (χ4v) is 8.11. The highest BCUT2D eigenvalue weighted by Crippen LogP contribution is 2.43. The molecule has 40 heavy (non-hydrogen) atoms. The van der Waals surface area contributed by atoms with E-state index in [4.69, 9.17) is 15.0 Å². The molecule has 0 saturated heterocycles. The van der Waals surface area contributed by atoms with Crippen LogP contribution in [0.5, 0.6) is 0 Å². The van der Waals surface area contributed by atoms with Gasteiger partial charge in [0.25, 0.3) is 0 Å². The van der Waals surface area contributed by atoms with Crippen LogP contribution in [-0.4, -0.2) is 15.0 Å². The van der Waals surface area contributed by atoms with Gasteiger partial charge in [-0.1, -0.05) is 84.9 Å². The molecule has 9 rings (SSSR count). The number of pyridine rings is 1. The largest absolute Gasteiger partial charge is 0.244 e. The van der Waals surface area contributed by atoms with E-state index >= 15 is 0 Å². The second-order valence-electron chi connectivity index (χ2n) is 10.0. The minimum absolute atomic E-state index is 0.657. The summed E-state index contributed by atoms with van der Waals surface area (Å²) in [6.45, 7) is 0. The minimum Gasteiger partial charge on any atom is -0.244 e. The summed E-state index contributed by atoms with van der Waals surface area (Å²) in [4.78, 5) is 15.7. The number of benzene rings is 5. The van der Waals surface area contributed by atoms with Crippen LogP contribution in [0.2, 0.25) is 0 Å². The standard InChI is InChI=1S/C35H19N3S2/c1-2-10-20(11-3-1)31-34-32(23-14-6-9-17-29(23)40-34)38-35(37-31)33-26-18-25-22-13-5-8-16-28(22)39-30(25)19-24(26)21-12-4-7-15-27(21)36-33/h1-19H. The van der Waals surface area contributed by atoms with E-state index in [1.807, 2.05) is 17.4 Å². The molecule has 5 aromatic carbocycles. The monoisotopic (exact) mass is 545 g/mol. The zero-order valence-electron chi connectivity index (χ0n) is 21.1. The summed E-state index contributed by atoms with van der Waals surface area (Å²) in [5.74, 6) is 0.657. The number of aromatic nitrogens is 3. The first-order valence-electron chi connectivity index (χ1n) is 13.2. The predicted molar refractivity (Wildman–Crippen MR) is 171 cm³/mol. The van der Waals surface area contributed by atoms with Gasteiger partial charge in [0.1, 0.15) is 5.69 Å². The Morgan fingerprint density at radius 2 is 1.12 bits per heavy atom. The third-order valence-electron chi connectivity index (χ3n) is 7.68. The molecule has 186 valence electrons. The van der Waals surface area contributed by atoms with E-state index in [1.54, 1.807) is 11.3 Å². The SMILES string of the molecule is c1ccc(-c2nc(-c3nc4ccccc4c4cc5sc6ccccc6c5cc34)nc3c2sc2ccccc23)cc1. The van der Waals surface area contributed by atoms with E-state index in [9.17, 15) is 0 Å². The Hall–Kier alpha value is -4.71. The number of hydrogen-bond donors (Lipinski definition) is 0. The van der Waals surface area contributed by atoms with E-state index in [2.05, 4.69) is 109 Å². The highest BCUT2D eigenvalue weighted by molar-refractivity contribution is 7.26. The van der Waals surface area contributed by atoms with Crippen LogP contribution in [0.25, 0.3) is 84.9 Å². The zero-order chi connectivity index (χ0) is 26.2. The molecule has 0 aliphatic heterocycles. The van der Waals surface area contributed by atoms with Crippen LogP contribution in [0.3, 0.4) is 0 Å². The summed E-state index contributed by atoms with van der Waals surface area (Å²) in [6, 6.07) is 40.6. The third-order valence-corrected chi connectivity index (χ3v) is 9.98. The van der Waals surface area contributed by atoms with Crippen molar-refractivity contribution in [2.45, 2.75) is 0 Å². The van der Waals surface area contributed by atoms with Crippen LogP contribution in [0, 0.1) is 0 Å². The summed E-state index contributed by atoms with van der Waals surface area (Å²) >= 11 is 3.59. The molecule has 0 aliphatic carbocycles.